The molecule has 0 aromatic carbocycles. The van der Waals surface area contributed by atoms with Gasteiger partial charge in [-0.2, -0.15) is 0 Å². The van der Waals surface area contributed by atoms with E-state index in [1.807, 2.05) is 0 Å². The first kappa shape index (κ1) is 5.72. The maximum atomic E-state index is 5.69. The summed E-state index contributed by atoms with van der Waals surface area (Å²) in [6, 6.07) is 0. The predicted molar refractivity (Wildman–Crippen MR) is 36.3 cm³/mol. The van der Waals surface area contributed by atoms with Gasteiger partial charge in [0.1, 0.15) is 0 Å². The van der Waals surface area contributed by atoms with Crippen LogP contribution < -0.4 is 0 Å². The van der Waals surface area contributed by atoms with E-state index >= 15 is 0 Å². The van der Waals surface area contributed by atoms with E-state index in [1.165, 1.54) is 25.7 Å². The van der Waals surface area contributed by atoms with E-state index in [0.29, 0.717) is 5.60 Å². The Morgan fingerprint density at radius 2 is 2.33 bits per heavy atom. The van der Waals surface area contributed by atoms with E-state index in [0.717, 1.165) is 12.5 Å². The van der Waals surface area contributed by atoms with E-state index in [-0.39, 0.29) is 0 Å². The molecule has 0 unspecified atom stereocenters. The van der Waals surface area contributed by atoms with Gasteiger partial charge in [-0.15, -0.1) is 0 Å². The van der Waals surface area contributed by atoms with Crippen LogP contribution in [0.4, 0.5) is 0 Å². The molecule has 0 N–H and O–H groups in total. The Morgan fingerprint density at radius 1 is 1.44 bits per heavy atom. The van der Waals surface area contributed by atoms with Gasteiger partial charge in [-0.3, -0.25) is 0 Å². The molecule has 52 valence electrons. The minimum absolute atomic E-state index is 0.375. The summed E-state index contributed by atoms with van der Waals surface area (Å²) in [7, 11) is 0. The summed E-state index contributed by atoms with van der Waals surface area (Å²) in [4.78, 5) is 0. The van der Waals surface area contributed by atoms with Crippen molar-refractivity contribution < 1.29 is 4.74 Å². The SMILES string of the molecule is C[C@@H]1CC[C@]12CCCO2. The second-order valence-electron chi connectivity index (χ2n) is 3.46. The van der Waals surface area contributed by atoms with Crippen molar-refractivity contribution in [1.29, 1.82) is 0 Å². The molecule has 2 fully saturated rings. The van der Waals surface area contributed by atoms with Crippen LogP contribution in [-0.2, 0) is 4.74 Å². The maximum Gasteiger partial charge on any atom is 0.0708 e. The van der Waals surface area contributed by atoms with Gasteiger partial charge < -0.3 is 4.74 Å². The minimum atomic E-state index is 0.375. The Labute approximate surface area is 56.4 Å². The topological polar surface area (TPSA) is 9.23 Å². The zero-order chi connectivity index (χ0) is 6.32. The molecule has 2 aliphatic rings. The van der Waals surface area contributed by atoms with Crippen molar-refractivity contribution >= 4 is 0 Å². The molecule has 2 atom stereocenters. The molecule has 9 heavy (non-hydrogen) atoms. The molecule has 1 aliphatic heterocycles. The molecule has 0 amide bonds. The van der Waals surface area contributed by atoms with E-state index < -0.39 is 0 Å². The van der Waals surface area contributed by atoms with Gasteiger partial charge in [-0.05, 0) is 31.6 Å². The standard InChI is InChI=1S/C8H14O/c1-7-3-5-8(7)4-2-6-9-8/h7H,2-6H2,1H3/t7-,8-/m1/s1. The zero-order valence-electron chi connectivity index (χ0n) is 6.02. The maximum absolute atomic E-state index is 5.69. The highest BCUT2D eigenvalue weighted by Gasteiger charge is 2.46. The van der Waals surface area contributed by atoms with E-state index in [1.54, 1.807) is 0 Å². The molecule has 1 saturated carbocycles. The summed E-state index contributed by atoms with van der Waals surface area (Å²) in [5, 5.41) is 0. The summed E-state index contributed by atoms with van der Waals surface area (Å²) >= 11 is 0. The summed E-state index contributed by atoms with van der Waals surface area (Å²) in [6.07, 6.45) is 5.34. The lowest BCUT2D eigenvalue weighted by molar-refractivity contribution is -0.102. The predicted octanol–water partition coefficient (Wildman–Crippen LogP) is 1.97. The number of rotatable bonds is 0. The van der Waals surface area contributed by atoms with Gasteiger partial charge in [-0.1, -0.05) is 6.92 Å². The van der Waals surface area contributed by atoms with Crippen molar-refractivity contribution in [1.82, 2.24) is 0 Å². The third kappa shape index (κ3) is 0.644. The third-order valence-corrected chi connectivity index (χ3v) is 3.03. The Kier molecular flexibility index (Phi) is 1.10. The minimum Gasteiger partial charge on any atom is -0.375 e. The Hall–Kier alpha value is -0.0400. The second-order valence-corrected chi connectivity index (χ2v) is 3.46. The van der Waals surface area contributed by atoms with Gasteiger partial charge in [-0.25, -0.2) is 0 Å². The molecular weight excluding hydrogens is 112 g/mol. The van der Waals surface area contributed by atoms with E-state index in [2.05, 4.69) is 6.92 Å². The van der Waals surface area contributed by atoms with Gasteiger partial charge in [0.15, 0.2) is 0 Å². The fraction of sp³-hybridized carbons (Fsp3) is 1.00. The fourth-order valence-electron chi connectivity index (χ4n) is 2.06. The molecule has 1 spiro atoms. The van der Waals surface area contributed by atoms with Crippen molar-refractivity contribution in [2.75, 3.05) is 6.61 Å². The third-order valence-electron chi connectivity index (χ3n) is 3.03. The number of hydrogen-bond acceptors (Lipinski definition) is 1. The molecule has 1 saturated heterocycles. The van der Waals surface area contributed by atoms with Crippen molar-refractivity contribution in [3.05, 3.63) is 0 Å². The van der Waals surface area contributed by atoms with Crippen molar-refractivity contribution in [2.24, 2.45) is 5.92 Å². The zero-order valence-corrected chi connectivity index (χ0v) is 6.02. The lowest BCUT2D eigenvalue weighted by Gasteiger charge is -2.44. The van der Waals surface area contributed by atoms with Gasteiger partial charge in [0, 0.05) is 6.61 Å². The number of ether oxygens (including phenoxy) is 1. The summed E-state index contributed by atoms with van der Waals surface area (Å²) < 4.78 is 5.69. The molecule has 1 heterocycles. The molecule has 0 radical (unpaired) electrons. The Bertz CT molecular complexity index is 114. The highest BCUT2D eigenvalue weighted by molar-refractivity contribution is 4.97. The first-order valence-corrected chi connectivity index (χ1v) is 3.97. The van der Waals surface area contributed by atoms with Crippen LogP contribution >= 0.6 is 0 Å². The van der Waals surface area contributed by atoms with Crippen LogP contribution in [0, 0.1) is 5.92 Å². The van der Waals surface area contributed by atoms with Gasteiger partial charge in [0.25, 0.3) is 0 Å². The van der Waals surface area contributed by atoms with Crippen LogP contribution in [0.3, 0.4) is 0 Å². The van der Waals surface area contributed by atoms with Crippen LogP contribution in [0.5, 0.6) is 0 Å². The van der Waals surface area contributed by atoms with Gasteiger partial charge in [0.05, 0.1) is 5.60 Å². The Morgan fingerprint density at radius 3 is 2.56 bits per heavy atom. The average molecular weight is 126 g/mol. The average Bonchev–Trinajstić information content (AvgIpc) is 2.34. The highest BCUT2D eigenvalue weighted by atomic mass is 16.5. The summed E-state index contributed by atoms with van der Waals surface area (Å²) in [5.41, 5.74) is 0.375. The van der Waals surface area contributed by atoms with Crippen LogP contribution in [-0.4, -0.2) is 12.2 Å². The van der Waals surface area contributed by atoms with E-state index in [4.69, 9.17) is 4.74 Å². The van der Waals surface area contributed by atoms with Crippen molar-refractivity contribution in [3.63, 3.8) is 0 Å². The largest absolute Gasteiger partial charge is 0.375 e. The lowest BCUT2D eigenvalue weighted by atomic mass is 9.69. The van der Waals surface area contributed by atoms with Gasteiger partial charge in [0.2, 0.25) is 0 Å². The molecular formula is C8H14O. The van der Waals surface area contributed by atoms with Crippen LogP contribution in [0.1, 0.15) is 32.6 Å². The first-order valence-electron chi connectivity index (χ1n) is 3.97. The number of hydrogen-bond donors (Lipinski definition) is 0. The lowest BCUT2D eigenvalue weighted by Crippen LogP contribution is -2.44. The van der Waals surface area contributed by atoms with Crippen molar-refractivity contribution in [3.8, 4) is 0 Å². The second kappa shape index (κ2) is 1.72. The first-order chi connectivity index (χ1) is 4.33. The normalized spacial score (nSPS) is 49.7. The summed E-state index contributed by atoms with van der Waals surface area (Å²) in [6.45, 7) is 3.33. The van der Waals surface area contributed by atoms with Gasteiger partial charge >= 0.3 is 0 Å². The van der Waals surface area contributed by atoms with Crippen LogP contribution in [0.2, 0.25) is 0 Å². The quantitative estimate of drug-likeness (QED) is 0.482. The smallest absolute Gasteiger partial charge is 0.0708 e. The van der Waals surface area contributed by atoms with Crippen LogP contribution in [0.15, 0.2) is 0 Å². The molecule has 2 rings (SSSR count). The van der Waals surface area contributed by atoms with E-state index in [9.17, 15) is 0 Å². The molecule has 0 bridgehead atoms. The molecule has 0 aromatic heterocycles. The molecule has 0 aromatic rings. The monoisotopic (exact) mass is 126 g/mol. The van der Waals surface area contributed by atoms with Crippen molar-refractivity contribution in [2.45, 2.75) is 38.2 Å². The highest BCUT2D eigenvalue weighted by Crippen LogP contribution is 2.47. The Balaban J connectivity index is 2.06. The molecule has 1 nitrogen and oxygen atoms in total. The summed E-state index contributed by atoms with van der Waals surface area (Å²) in [5.74, 6) is 0.847. The molecule has 1 aliphatic carbocycles. The fourth-order valence-corrected chi connectivity index (χ4v) is 2.06. The van der Waals surface area contributed by atoms with Crippen LogP contribution in [0.25, 0.3) is 0 Å². The molecule has 1 heteroatoms.